The number of hydrogen-bond donors (Lipinski definition) is 2. The Morgan fingerprint density at radius 3 is 2.39 bits per heavy atom. The van der Waals surface area contributed by atoms with Crippen LogP contribution in [0.1, 0.15) is 19.5 Å². The number of nitrogens with two attached hydrogens (primary N) is 1. The van der Waals surface area contributed by atoms with E-state index >= 15 is 0 Å². The average molecular weight is 485 g/mol. The maximum atomic E-state index is 12.6. The predicted molar refractivity (Wildman–Crippen MR) is 138 cm³/mol. The van der Waals surface area contributed by atoms with E-state index in [9.17, 15) is 4.21 Å². The molecule has 33 heavy (non-hydrogen) atoms. The van der Waals surface area contributed by atoms with Gasteiger partial charge in [-0.05, 0) is 42.5 Å². The first-order chi connectivity index (χ1) is 16.1. The third-order valence-electron chi connectivity index (χ3n) is 5.58. The number of aromatic nitrogens is 2. The maximum absolute atomic E-state index is 12.6. The lowest BCUT2D eigenvalue weighted by Crippen LogP contribution is -2.47. The Bertz CT molecular complexity index is 1130. The predicted octanol–water partition coefficient (Wildman–Crippen LogP) is 4.47. The lowest BCUT2D eigenvalue weighted by Gasteiger charge is -2.36. The number of nitrogens with zero attached hydrogens (tertiary/aromatic N) is 4. The summed E-state index contributed by atoms with van der Waals surface area (Å²) in [6, 6.07) is 15.4. The van der Waals surface area contributed by atoms with E-state index in [1.807, 2.05) is 50.2 Å². The molecule has 0 amide bonds. The molecule has 0 bridgehead atoms. The van der Waals surface area contributed by atoms with Crippen LogP contribution in [0.2, 0.25) is 5.02 Å². The van der Waals surface area contributed by atoms with E-state index in [1.54, 1.807) is 0 Å². The highest BCUT2D eigenvalue weighted by atomic mass is 35.5. The molecular weight excluding hydrogens is 456 g/mol. The highest BCUT2D eigenvalue weighted by Crippen LogP contribution is 2.32. The van der Waals surface area contributed by atoms with E-state index < -0.39 is 10.8 Å². The van der Waals surface area contributed by atoms with Crippen molar-refractivity contribution in [2.24, 2.45) is 0 Å². The van der Waals surface area contributed by atoms with Gasteiger partial charge in [-0.25, -0.2) is 4.98 Å². The molecule has 1 aromatic heterocycles. The molecule has 2 aromatic carbocycles. The molecule has 0 saturated carbocycles. The van der Waals surface area contributed by atoms with Gasteiger partial charge in [0.05, 0.1) is 16.5 Å². The van der Waals surface area contributed by atoms with Gasteiger partial charge in [0.15, 0.2) is 5.82 Å². The number of piperazine rings is 1. The molecule has 174 valence electrons. The van der Waals surface area contributed by atoms with E-state index in [0.29, 0.717) is 33.9 Å². The molecule has 0 spiro atoms. The topological polar surface area (TPSA) is 87.4 Å². The zero-order chi connectivity index (χ0) is 23.4. The van der Waals surface area contributed by atoms with Crippen LogP contribution in [-0.4, -0.2) is 46.1 Å². The average Bonchev–Trinajstić information content (AvgIpc) is 3.22. The molecule has 3 aromatic rings. The molecule has 1 unspecified atom stereocenters. The summed E-state index contributed by atoms with van der Waals surface area (Å²) in [5.74, 6) is 1.88. The van der Waals surface area contributed by atoms with Crippen LogP contribution in [-0.2, 0) is 17.2 Å². The van der Waals surface area contributed by atoms with Gasteiger partial charge in [-0.15, -0.1) is 0 Å². The van der Waals surface area contributed by atoms with E-state index in [1.165, 1.54) is 5.69 Å². The molecule has 1 saturated heterocycles. The van der Waals surface area contributed by atoms with E-state index in [4.69, 9.17) is 27.3 Å². The zero-order valence-corrected chi connectivity index (χ0v) is 20.5. The van der Waals surface area contributed by atoms with Crippen molar-refractivity contribution in [1.29, 1.82) is 0 Å². The summed E-state index contributed by atoms with van der Waals surface area (Å²) < 4.78 is 12.6. The second kappa shape index (κ2) is 10.4. The number of aryl methyl sites for hydroxylation is 1. The van der Waals surface area contributed by atoms with Gasteiger partial charge in [-0.1, -0.05) is 31.5 Å². The molecule has 2 aliphatic heterocycles. The van der Waals surface area contributed by atoms with Crippen LogP contribution < -0.4 is 20.9 Å². The highest BCUT2D eigenvalue weighted by Gasteiger charge is 2.28. The maximum Gasteiger partial charge on any atom is 0.227 e. The summed E-state index contributed by atoms with van der Waals surface area (Å²) >= 11 is 6.13. The fraction of sp³-hybridized carbons (Fsp3) is 0.333. The number of rotatable bonds is 4. The fourth-order valence-electron chi connectivity index (χ4n) is 3.96. The highest BCUT2D eigenvalue weighted by molar-refractivity contribution is 7.85. The standard InChI is InChI=1S/C22H23ClN6OS.C2H6/c23-15-2-1-3-17(14-15)25-21-20-19(8-13-31(20)30)26-22(27-21)29-11-9-28(10-12-29)18-6-4-16(24)5-7-18;1-2/h1-7,14H,8-13,24H2,(H,25,26,27);1-2H3. The van der Waals surface area contributed by atoms with Crippen molar-refractivity contribution in [3.8, 4) is 0 Å². The summed E-state index contributed by atoms with van der Waals surface area (Å²) in [6.45, 7) is 7.35. The van der Waals surface area contributed by atoms with Gasteiger partial charge in [0, 0.05) is 60.4 Å². The molecule has 3 N–H and O–H groups in total. The molecule has 1 fully saturated rings. The number of halogens is 1. The van der Waals surface area contributed by atoms with Gasteiger partial charge in [-0.2, -0.15) is 4.98 Å². The molecule has 1 atom stereocenters. The summed E-state index contributed by atoms with van der Waals surface area (Å²) in [5, 5.41) is 3.95. The largest absolute Gasteiger partial charge is 0.399 e. The minimum absolute atomic E-state index is 0.586. The summed E-state index contributed by atoms with van der Waals surface area (Å²) in [4.78, 5) is 14.8. The second-order valence-electron chi connectivity index (χ2n) is 7.65. The first-order valence-electron chi connectivity index (χ1n) is 11.2. The van der Waals surface area contributed by atoms with Crippen molar-refractivity contribution < 1.29 is 4.21 Å². The molecule has 0 aliphatic carbocycles. The number of nitrogen functional groups attached to an aromatic ring is 1. The van der Waals surface area contributed by atoms with Gasteiger partial charge < -0.3 is 20.9 Å². The van der Waals surface area contributed by atoms with Crippen molar-refractivity contribution in [3.63, 3.8) is 0 Å². The Morgan fingerprint density at radius 1 is 1.00 bits per heavy atom. The minimum atomic E-state index is -1.09. The normalized spacial score (nSPS) is 17.2. The molecule has 2 aliphatic rings. The molecule has 3 heterocycles. The molecule has 5 rings (SSSR count). The smallest absolute Gasteiger partial charge is 0.227 e. The van der Waals surface area contributed by atoms with Crippen LogP contribution >= 0.6 is 11.6 Å². The van der Waals surface area contributed by atoms with Crippen LogP contribution in [0.25, 0.3) is 0 Å². The van der Waals surface area contributed by atoms with E-state index in [-0.39, 0.29) is 0 Å². The third-order valence-corrected chi connectivity index (χ3v) is 7.28. The van der Waals surface area contributed by atoms with Gasteiger partial charge >= 0.3 is 0 Å². The van der Waals surface area contributed by atoms with Crippen molar-refractivity contribution >= 4 is 51.2 Å². The SMILES string of the molecule is CC.Nc1ccc(N2CCN(c3nc4c(c(Nc5cccc(Cl)c5)n3)S(=O)CC4)CC2)cc1. The first-order valence-corrected chi connectivity index (χ1v) is 12.9. The van der Waals surface area contributed by atoms with Crippen LogP contribution in [0, 0.1) is 0 Å². The van der Waals surface area contributed by atoms with E-state index in [2.05, 4.69) is 27.2 Å². The number of fused-ring (bicyclic) bond motifs is 1. The van der Waals surface area contributed by atoms with Gasteiger partial charge in [0.25, 0.3) is 0 Å². The van der Waals surface area contributed by atoms with Crippen LogP contribution in [0.15, 0.2) is 53.4 Å². The fourth-order valence-corrected chi connectivity index (χ4v) is 5.46. The zero-order valence-electron chi connectivity index (χ0n) is 18.9. The van der Waals surface area contributed by atoms with Crippen LogP contribution in [0.5, 0.6) is 0 Å². The minimum Gasteiger partial charge on any atom is -0.399 e. The quantitative estimate of drug-likeness (QED) is 0.528. The number of benzene rings is 2. The number of hydrogen-bond acceptors (Lipinski definition) is 7. The van der Waals surface area contributed by atoms with Crippen molar-refractivity contribution in [3.05, 3.63) is 59.2 Å². The lowest BCUT2D eigenvalue weighted by atomic mass is 10.2. The van der Waals surface area contributed by atoms with E-state index in [0.717, 1.165) is 43.2 Å². The molecular formula is C24H29ClN6OS. The van der Waals surface area contributed by atoms with Crippen molar-refractivity contribution in [1.82, 2.24) is 9.97 Å². The number of anilines is 5. The number of nitrogens with one attached hydrogen (secondary N) is 1. The van der Waals surface area contributed by atoms with Crippen molar-refractivity contribution in [2.45, 2.75) is 25.2 Å². The third kappa shape index (κ3) is 5.23. The second-order valence-corrected chi connectivity index (χ2v) is 9.59. The Morgan fingerprint density at radius 2 is 1.70 bits per heavy atom. The Hall–Kier alpha value is -2.84. The van der Waals surface area contributed by atoms with Gasteiger partial charge in [0.1, 0.15) is 4.90 Å². The lowest BCUT2D eigenvalue weighted by molar-refractivity contribution is 0.638. The summed E-state index contributed by atoms with van der Waals surface area (Å²) in [7, 11) is -1.09. The Labute approximate surface area is 202 Å². The monoisotopic (exact) mass is 484 g/mol. The van der Waals surface area contributed by atoms with Gasteiger partial charge in [0.2, 0.25) is 5.95 Å². The van der Waals surface area contributed by atoms with Crippen LogP contribution in [0.3, 0.4) is 0 Å². The van der Waals surface area contributed by atoms with Gasteiger partial charge in [-0.3, -0.25) is 4.21 Å². The molecule has 0 radical (unpaired) electrons. The van der Waals surface area contributed by atoms with Crippen LogP contribution in [0.4, 0.5) is 28.8 Å². The molecule has 9 heteroatoms. The van der Waals surface area contributed by atoms with Crippen molar-refractivity contribution in [2.75, 3.05) is 52.8 Å². The molecule has 7 nitrogen and oxygen atoms in total. The Balaban J connectivity index is 0.00000126. The summed E-state index contributed by atoms with van der Waals surface area (Å²) in [6.07, 6.45) is 0.701. The summed E-state index contributed by atoms with van der Waals surface area (Å²) in [5.41, 5.74) is 9.43. The first kappa shape index (κ1) is 23.3. The Kier molecular flexibility index (Phi) is 7.35.